The molecule has 0 atom stereocenters. The summed E-state index contributed by atoms with van der Waals surface area (Å²) in [6.45, 7) is 11.9. The van der Waals surface area contributed by atoms with Crippen LogP contribution in [0.3, 0.4) is 0 Å². The summed E-state index contributed by atoms with van der Waals surface area (Å²) in [6.07, 6.45) is 3.69. The summed E-state index contributed by atoms with van der Waals surface area (Å²) in [5, 5.41) is 7.82. The highest BCUT2D eigenvalue weighted by Gasteiger charge is 2.11. The Kier molecular flexibility index (Phi) is 4.57. The number of rotatable bonds is 4. The van der Waals surface area contributed by atoms with Gasteiger partial charge in [0.1, 0.15) is 0 Å². The summed E-state index contributed by atoms with van der Waals surface area (Å²) in [5.74, 6) is 0.719. The maximum atomic E-state index is 7.82. The highest BCUT2D eigenvalue weighted by atomic mass is 14.4. The Hall–Kier alpha value is -0.850. The van der Waals surface area contributed by atoms with Gasteiger partial charge in [-0.3, -0.25) is 0 Å². The van der Waals surface area contributed by atoms with Crippen LogP contribution in [0, 0.1) is 17.2 Å². The minimum Gasteiger partial charge on any atom is -0.305 e. The fourth-order valence-electron chi connectivity index (χ4n) is 1.05. The fourth-order valence-corrected chi connectivity index (χ4v) is 1.05. The normalized spacial score (nSPS) is 12.3. The molecule has 0 aliphatic carbocycles. The van der Waals surface area contributed by atoms with Crippen molar-refractivity contribution in [2.24, 2.45) is 11.8 Å². The SMILES string of the molecule is C=C/C=C(\C(=N)C(C)C)C(C)C. The summed E-state index contributed by atoms with van der Waals surface area (Å²) in [7, 11) is 0. The molecule has 1 N–H and O–H groups in total. The van der Waals surface area contributed by atoms with Gasteiger partial charge in [0.15, 0.2) is 0 Å². The summed E-state index contributed by atoms with van der Waals surface area (Å²) >= 11 is 0. The van der Waals surface area contributed by atoms with Crippen molar-refractivity contribution in [2.75, 3.05) is 0 Å². The molecule has 0 rings (SSSR count). The summed E-state index contributed by atoms with van der Waals surface area (Å²) in [6, 6.07) is 0. The molecule has 68 valence electrons. The minimum atomic E-state index is 0.304. The molecule has 0 radical (unpaired) electrons. The quantitative estimate of drug-likeness (QED) is 0.487. The molecule has 0 fully saturated rings. The number of hydrogen-bond acceptors (Lipinski definition) is 1. The third-order valence-corrected chi connectivity index (χ3v) is 1.81. The Balaban J connectivity index is 4.64. The molecule has 0 bridgehead atoms. The molecule has 1 nitrogen and oxygen atoms in total. The highest BCUT2D eigenvalue weighted by molar-refractivity contribution is 5.99. The second-order valence-electron chi connectivity index (χ2n) is 3.58. The molecule has 1 heteroatoms. The summed E-state index contributed by atoms with van der Waals surface area (Å²) < 4.78 is 0. The van der Waals surface area contributed by atoms with Crippen LogP contribution in [0.15, 0.2) is 24.3 Å². The molecule has 0 aromatic heterocycles. The van der Waals surface area contributed by atoms with E-state index in [1.807, 2.05) is 19.9 Å². The summed E-state index contributed by atoms with van der Waals surface area (Å²) in [5.41, 5.74) is 1.82. The Morgan fingerprint density at radius 2 is 1.67 bits per heavy atom. The predicted molar refractivity (Wildman–Crippen MR) is 55.7 cm³/mol. The third kappa shape index (κ3) is 3.04. The molecule has 0 saturated carbocycles. The van der Waals surface area contributed by atoms with Crippen molar-refractivity contribution in [1.82, 2.24) is 0 Å². The third-order valence-electron chi connectivity index (χ3n) is 1.81. The first-order valence-corrected chi connectivity index (χ1v) is 4.42. The lowest BCUT2D eigenvalue weighted by molar-refractivity contribution is 0.771. The van der Waals surface area contributed by atoms with E-state index in [1.54, 1.807) is 6.08 Å². The molecule has 0 unspecified atom stereocenters. The van der Waals surface area contributed by atoms with Crippen LogP contribution in [0.25, 0.3) is 0 Å². The molecule has 0 amide bonds. The van der Waals surface area contributed by atoms with Crippen molar-refractivity contribution in [2.45, 2.75) is 27.7 Å². The van der Waals surface area contributed by atoms with Crippen molar-refractivity contribution in [3.8, 4) is 0 Å². The van der Waals surface area contributed by atoms with Crippen LogP contribution in [0.2, 0.25) is 0 Å². The summed E-state index contributed by atoms with van der Waals surface area (Å²) in [4.78, 5) is 0. The minimum absolute atomic E-state index is 0.304. The average molecular weight is 165 g/mol. The van der Waals surface area contributed by atoms with E-state index in [9.17, 15) is 0 Å². The standard InChI is InChI=1S/C11H19N/c1-6-7-10(8(2)3)11(12)9(4)5/h6-9,12H,1H2,2-5H3/b10-7-,12-11?. The van der Waals surface area contributed by atoms with Crippen LogP contribution < -0.4 is 0 Å². The van der Waals surface area contributed by atoms with Gasteiger partial charge in [-0.15, -0.1) is 0 Å². The maximum absolute atomic E-state index is 7.82. The molecule has 0 aliphatic rings. The van der Waals surface area contributed by atoms with Gasteiger partial charge in [0.05, 0.1) is 0 Å². The van der Waals surface area contributed by atoms with Crippen LogP contribution in [0.5, 0.6) is 0 Å². The van der Waals surface area contributed by atoms with Gasteiger partial charge in [-0.25, -0.2) is 0 Å². The van der Waals surface area contributed by atoms with Gasteiger partial charge in [0.2, 0.25) is 0 Å². The van der Waals surface area contributed by atoms with Gasteiger partial charge in [-0.05, 0) is 17.4 Å². The van der Waals surface area contributed by atoms with Crippen molar-refractivity contribution in [3.63, 3.8) is 0 Å². The zero-order valence-electron chi connectivity index (χ0n) is 8.52. The zero-order chi connectivity index (χ0) is 9.72. The van der Waals surface area contributed by atoms with Crippen molar-refractivity contribution in [1.29, 1.82) is 5.41 Å². The maximum Gasteiger partial charge on any atom is 0.0373 e. The van der Waals surface area contributed by atoms with Crippen LogP contribution in [-0.4, -0.2) is 5.71 Å². The van der Waals surface area contributed by atoms with Crippen molar-refractivity contribution >= 4 is 5.71 Å². The molecule has 0 saturated heterocycles. The second kappa shape index (κ2) is 4.91. The second-order valence-corrected chi connectivity index (χ2v) is 3.58. The van der Waals surface area contributed by atoms with Crippen LogP contribution >= 0.6 is 0 Å². The number of allylic oxidation sites excluding steroid dienone is 3. The number of hydrogen-bond donors (Lipinski definition) is 1. The van der Waals surface area contributed by atoms with Crippen molar-refractivity contribution < 1.29 is 0 Å². The molecule has 0 spiro atoms. The Morgan fingerprint density at radius 3 is 1.92 bits per heavy atom. The molecule has 0 aliphatic heterocycles. The first-order chi connectivity index (χ1) is 5.50. The van der Waals surface area contributed by atoms with E-state index in [0.29, 0.717) is 11.8 Å². The van der Waals surface area contributed by atoms with E-state index < -0.39 is 0 Å². The number of nitrogens with one attached hydrogen (secondary N) is 1. The monoisotopic (exact) mass is 165 g/mol. The Bertz CT molecular complexity index is 197. The zero-order valence-corrected chi connectivity index (χ0v) is 8.52. The van der Waals surface area contributed by atoms with E-state index in [4.69, 9.17) is 5.41 Å². The van der Waals surface area contributed by atoms with Gasteiger partial charge in [0, 0.05) is 5.71 Å². The molecule has 0 aromatic rings. The van der Waals surface area contributed by atoms with Gasteiger partial charge < -0.3 is 5.41 Å². The van der Waals surface area contributed by atoms with E-state index in [0.717, 1.165) is 11.3 Å². The topological polar surface area (TPSA) is 23.9 Å². The lowest BCUT2D eigenvalue weighted by Gasteiger charge is -2.14. The van der Waals surface area contributed by atoms with E-state index >= 15 is 0 Å². The molecule has 12 heavy (non-hydrogen) atoms. The Labute approximate surface area is 75.7 Å². The van der Waals surface area contributed by atoms with E-state index in [2.05, 4.69) is 20.4 Å². The first kappa shape index (κ1) is 11.2. The van der Waals surface area contributed by atoms with E-state index in [-0.39, 0.29) is 0 Å². The highest BCUT2D eigenvalue weighted by Crippen LogP contribution is 2.15. The molecular weight excluding hydrogens is 146 g/mol. The van der Waals surface area contributed by atoms with Gasteiger partial charge in [-0.1, -0.05) is 46.4 Å². The average Bonchev–Trinajstić information content (AvgIpc) is 1.98. The van der Waals surface area contributed by atoms with E-state index in [1.165, 1.54) is 0 Å². The predicted octanol–water partition coefficient (Wildman–Crippen LogP) is 3.43. The van der Waals surface area contributed by atoms with Crippen LogP contribution in [0.4, 0.5) is 0 Å². The molecular formula is C11H19N. The smallest absolute Gasteiger partial charge is 0.0373 e. The Morgan fingerprint density at radius 1 is 1.17 bits per heavy atom. The van der Waals surface area contributed by atoms with Gasteiger partial charge >= 0.3 is 0 Å². The lowest BCUT2D eigenvalue weighted by atomic mass is 9.91. The van der Waals surface area contributed by atoms with Gasteiger partial charge in [-0.2, -0.15) is 0 Å². The lowest BCUT2D eigenvalue weighted by Crippen LogP contribution is -2.13. The first-order valence-electron chi connectivity index (χ1n) is 4.42. The van der Waals surface area contributed by atoms with Crippen molar-refractivity contribution in [3.05, 3.63) is 24.3 Å². The largest absolute Gasteiger partial charge is 0.305 e. The van der Waals surface area contributed by atoms with Crippen LogP contribution in [-0.2, 0) is 0 Å². The molecule has 0 aromatic carbocycles. The fraction of sp³-hybridized carbons (Fsp3) is 0.545. The van der Waals surface area contributed by atoms with Crippen LogP contribution in [0.1, 0.15) is 27.7 Å². The van der Waals surface area contributed by atoms with Gasteiger partial charge in [0.25, 0.3) is 0 Å². The molecule has 0 heterocycles.